The molecule has 0 saturated carbocycles. The normalized spacial score (nSPS) is 11.9. The Morgan fingerprint density at radius 3 is 2.94 bits per heavy atom. The van der Waals surface area contributed by atoms with Gasteiger partial charge in [-0.1, -0.05) is 22.0 Å². The van der Waals surface area contributed by atoms with E-state index in [4.69, 9.17) is 10.00 Å². The predicted molar refractivity (Wildman–Crippen MR) is 65.1 cm³/mol. The lowest BCUT2D eigenvalue weighted by molar-refractivity contribution is 0.191. The Morgan fingerprint density at radius 2 is 2.31 bits per heavy atom. The number of benzene rings is 1. The molecule has 0 amide bonds. The maximum atomic E-state index is 9.55. The molecule has 0 spiro atoms. The molecule has 16 heavy (non-hydrogen) atoms. The average molecular weight is 284 g/mol. The number of halogens is 1. The molecule has 0 aromatic heterocycles. The highest BCUT2D eigenvalue weighted by Crippen LogP contribution is 2.28. The van der Waals surface area contributed by atoms with Crippen LogP contribution in [0.15, 0.2) is 22.7 Å². The zero-order valence-electron chi connectivity index (χ0n) is 9.11. The highest BCUT2D eigenvalue weighted by atomic mass is 79.9. The van der Waals surface area contributed by atoms with Crippen LogP contribution in [0.5, 0.6) is 5.75 Å². The van der Waals surface area contributed by atoms with Crippen LogP contribution in [0.4, 0.5) is 0 Å². The zero-order chi connectivity index (χ0) is 12.0. The van der Waals surface area contributed by atoms with Crippen LogP contribution in [0, 0.1) is 11.3 Å². The van der Waals surface area contributed by atoms with Crippen LogP contribution in [0.1, 0.15) is 31.4 Å². The van der Waals surface area contributed by atoms with Gasteiger partial charge in [-0.25, -0.2) is 0 Å². The van der Waals surface area contributed by atoms with E-state index in [-0.39, 0.29) is 0 Å². The molecular formula is C12H14BrNO2. The van der Waals surface area contributed by atoms with Crippen molar-refractivity contribution in [2.24, 2.45) is 0 Å². The fraction of sp³-hybridized carbons (Fsp3) is 0.417. The summed E-state index contributed by atoms with van der Waals surface area (Å²) < 4.78 is 6.45. The maximum absolute atomic E-state index is 9.55. The third-order valence-electron chi connectivity index (χ3n) is 2.12. The molecule has 3 nitrogen and oxygen atoms in total. The SMILES string of the molecule is CC(O)c1ccc(Br)cc1OCCCC#N. The topological polar surface area (TPSA) is 53.2 Å². The molecule has 0 saturated heterocycles. The molecule has 1 unspecified atom stereocenters. The van der Waals surface area contributed by atoms with Crippen molar-refractivity contribution >= 4 is 15.9 Å². The summed E-state index contributed by atoms with van der Waals surface area (Å²) in [6.45, 7) is 2.19. The van der Waals surface area contributed by atoms with Crippen molar-refractivity contribution in [2.45, 2.75) is 25.9 Å². The highest BCUT2D eigenvalue weighted by Gasteiger charge is 2.09. The second kappa shape index (κ2) is 6.51. The molecule has 0 aliphatic carbocycles. The summed E-state index contributed by atoms with van der Waals surface area (Å²) in [7, 11) is 0. The van der Waals surface area contributed by atoms with Crippen molar-refractivity contribution in [3.63, 3.8) is 0 Å². The Labute approximate surface area is 104 Å². The number of aliphatic hydroxyl groups excluding tert-OH is 1. The summed E-state index contributed by atoms with van der Waals surface area (Å²) in [5.41, 5.74) is 0.764. The van der Waals surface area contributed by atoms with E-state index in [1.807, 2.05) is 18.2 Å². The van der Waals surface area contributed by atoms with Gasteiger partial charge in [-0.3, -0.25) is 0 Å². The van der Waals surface area contributed by atoms with Crippen molar-refractivity contribution in [2.75, 3.05) is 6.61 Å². The lowest BCUT2D eigenvalue weighted by atomic mass is 10.1. The molecule has 0 radical (unpaired) electrons. The molecular weight excluding hydrogens is 270 g/mol. The van der Waals surface area contributed by atoms with Crippen LogP contribution in [0.2, 0.25) is 0 Å². The van der Waals surface area contributed by atoms with E-state index in [0.29, 0.717) is 25.2 Å². The Kier molecular flexibility index (Phi) is 5.30. The molecule has 0 fully saturated rings. The van der Waals surface area contributed by atoms with E-state index in [1.165, 1.54) is 0 Å². The lowest BCUT2D eigenvalue weighted by Gasteiger charge is -2.13. The molecule has 0 bridgehead atoms. The van der Waals surface area contributed by atoms with Gasteiger partial charge in [0.25, 0.3) is 0 Å². The first-order valence-electron chi connectivity index (χ1n) is 5.12. The second-order valence-electron chi connectivity index (χ2n) is 3.47. The molecule has 1 rings (SSSR count). The Hall–Kier alpha value is -1.05. The molecule has 0 heterocycles. The quantitative estimate of drug-likeness (QED) is 0.845. The largest absolute Gasteiger partial charge is 0.493 e. The zero-order valence-corrected chi connectivity index (χ0v) is 10.7. The van der Waals surface area contributed by atoms with E-state index in [2.05, 4.69) is 22.0 Å². The summed E-state index contributed by atoms with van der Waals surface area (Å²) in [5, 5.41) is 17.9. The molecule has 1 atom stereocenters. The number of hydrogen-bond acceptors (Lipinski definition) is 3. The number of ether oxygens (including phenoxy) is 1. The minimum atomic E-state index is -0.556. The van der Waals surface area contributed by atoms with Crippen LogP contribution in [0.25, 0.3) is 0 Å². The number of nitrogens with zero attached hydrogens (tertiary/aromatic N) is 1. The predicted octanol–water partition coefficient (Wildman–Crippen LogP) is 3.18. The van der Waals surface area contributed by atoms with E-state index in [9.17, 15) is 5.11 Å². The summed E-state index contributed by atoms with van der Waals surface area (Å²) in [6, 6.07) is 7.58. The van der Waals surface area contributed by atoms with Crippen LogP contribution < -0.4 is 4.74 Å². The van der Waals surface area contributed by atoms with E-state index in [1.54, 1.807) is 6.92 Å². The third kappa shape index (κ3) is 3.84. The minimum Gasteiger partial charge on any atom is -0.493 e. The van der Waals surface area contributed by atoms with Gasteiger partial charge in [-0.15, -0.1) is 0 Å². The van der Waals surface area contributed by atoms with Crippen molar-refractivity contribution in [1.82, 2.24) is 0 Å². The summed E-state index contributed by atoms with van der Waals surface area (Å²) in [5.74, 6) is 0.669. The molecule has 86 valence electrons. The molecule has 4 heteroatoms. The van der Waals surface area contributed by atoms with Crippen LogP contribution in [-0.2, 0) is 0 Å². The lowest BCUT2D eigenvalue weighted by Crippen LogP contribution is -2.02. The maximum Gasteiger partial charge on any atom is 0.126 e. The molecule has 1 N–H and O–H groups in total. The first kappa shape index (κ1) is 13.0. The fourth-order valence-corrected chi connectivity index (χ4v) is 1.65. The fourth-order valence-electron chi connectivity index (χ4n) is 1.31. The third-order valence-corrected chi connectivity index (χ3v) is 2.61. The van der Waals surface area contributed by atoms with E-state index in [0.717, 1.165) is 10.0 Å². The van der Waals surface area contributed by atoms with E-state index < -0.39 is 6.10 Å². The number of hydrogen-bond donors (Lipinski definition) is 1. The molecule has 0 aliphatic rings. The number of rotatable bonds is 5. The van der Waals surface area contributed by atoms with Gasteiger partial charge >= 0.3 is 0 Å². The van der Waals surface area contributed by atoms with Gasteiger partial charge in [0.05, 0.1) is 18.8 Å². The van der Waals surface area contributed by atoms with Crippen molar-refractivity contribution in [3.8, 4) is 11.8 Å². The highest BCUT2D eigenvalue weighted by molar-refractivity contribution is 9.10. The van der Waals surface area contributed by atoms with Crippen molar-refractivity contribution < 1.29 is 9.84 Å². The van der Waals surface area contributed by atoms with Gasteiger partial charge in [-0.05, 0) is 25.5 Å². The van der Waals surface area contributed by atoms with Gasteiger partial charge in [-0.2, -0.15) is 5.26 Å². The van der Waals surface area contributed by atoms with Gasteiger partial charge in [0.1, 0.15) is 5.75 Å². The smallest absolute Gasteiger partial charge is 0.126 e. The Balaban J connectivity index is 2.69. The van der Waals surface area contributed by atoms with Crippen LogP contribution >= 0.6 is 15.9 Å². The van der Waals surface area contributed by atoms with Gasteiger partial charge in [0.2, 0.25) is 0 Å². The first-order valence-corrected chi connectivity index (χ1v) is 5.91. The standard InChI is InChI=1S/C12H14BrNO2/c1-9(15)11-5-4-10(13)8-12(11)16-7-3-2-6-14/h4-5,8-9,15H,2-3,7H2,1H3. The van der Waals surface area contributed by atoms with Gasteiger partial charge in [0.15, 0.2) is 0 Å². The number of unbranched alkanes of at least 4 members (excludes halogenated alkanes) is 1. The van der Waals surface area contributed by atoms with Crippen LogP contribution in [0.3, 0.4) is 0 Å². The Bertz CT molecular complexity index is 385. The van der Waals surface area contributed by atoms with Crippen molar-refractivity contribution in [1.29, 1.82) is 5.26 Å². The Morgan fingerprint density at radius 1 is 1.56 bits per heavy atom. The molecule has 1 aromatic carbocycles. The first-order chi connectivity index (χ1) is 7.65. The summed E-state index contributed by atoms with van der Waals surface area (Å²) >= 11 is 3.35. The van der Waals surface area contributed by atoms with Crippen molar-refractivity contribution in [3.05, 3.63) is 28.2 Å². The average Bonchev–Trinajstić information content (AvgIpc) is 2.24. The van der Waals surface area contributed by atoms with E-state index >= 15 is 0 Å². The molecule has 0 aliphatic heterocycles. The summed E-state index contributed by atoms with van der Waals surface area (Å²) in [4.78, 5) is 0. The minimum absolute atomic E-state index is 0.484. The number of aliphatic hydroxyl groups is 1. The second-order valence-corrected chi connectivity index (χ2v) is 4.38. The summed E-state index contributed by atoms with van der Waals surface area (Å²) in [6.07, 6.45) is 0.624. The van der Waals surface area contributed by atoms with Gasteiger partial charge in [0, 0.05) is 16.5 Å². The number of nitriles is 1. The molecule has 1 aromatic rings. The monoisotopic (exact) mass is 283 g/mol. The van der Waals surface area contributed by atoms with Gasteiger partial charge < -0.3 is 9.84 Å². The van der Waals surface area contributed by atoms with Crippen LogP contribution in [-0.4, -0.2) is 11.7 Å².